The molecule has 0 saturated carbocycles. The number of carbonyl (C=O) groups excluding carboxylic acids is 1. The second-order valence-electron chi connectivity index (χ2n) is 8.60. The lowest BCUT2D eigenvalue weighted by molar-refractivity contribution is -0.118. The highest BCUT2D eigenvalue weighted by Gasteiger charge is 2.44. The van der Waals surface area contributed by atoms with Crippen molar-refractivity contribution >= 4 is 32.9 Å². The number of nitrogens with zero attached hydrogens (tertiary/aromatic N) is 1. The average Bonchev–Trinajstić information content (AvgIpc) is 3.10. The first-order valence-electron chi connectivity index (χ1n) is 9.88. The average molecular weight is 421 g/mol. The van der Waals surface area contributed by atoms with E-state index in [1.54, 1.807) is 18.2 Å². The molecule has 2 aromatic carbocycles. The minimum absolute atomic E-state index is 0.0272. The van der Waals surface area contributed by atoms with Crippen molar-refractivity contribution in [1.29, 1.82) is 0 Å². The number of rotatable bonds is 2. The van der Waals surface area contributed by atoms with Gasteiger partial charge < -0.3 is 10.5 Å². The Morgan fingerprint density at radius 3 is 2.60 bits per heavy atom. The molecule has 0 spiro atoms. The van der Waals surface area contributed by atoms with E-state index in [-0.39, 0.29) is 22.9 Å². The molecule has 0 bridgehead atoms. The first-order chi connectivity index (χ1) is 14.3. The number of aromatic nitrogens is 1. The number of carbonyl (C=O) groups is 1. The Morgan fingerprint density at radius 1 is 1.10 bits per heavy atom. The van der Waals surface area contributed by atoms with Crippen LogP contribution in [0.1, 0.15) is 43.2 Å². The van der Waals surface area contributed by atoms with Crippen molar-refractivity contribution in [3.63, 3.8) is 0 Å². The van der Waals surface area contributed by atoms with Crippen LogP contribution >= 0.6 is 11.3 Å². The van der Waals surface area contributed by atoms with Crippen molar-refractivity contribution in [2.45, 2.75) is 32.6 Å². The van der Waals surface area contributed by atoms with Crippen molar-refractivity contribution in [2.75, 3.05) is 0 Å². The third-order valence-corrected chi connectivity index (χ3v) is 6.77. The van der Waals surface area contributed by atoms with E-state index in [2.05, 4.69) is 0 Å². The Hall–Kier alpha value is -2.99. The zero-order chi connectivity index (χ0) is 21.0. The molecule has 0 amide bonds. The summed E-state index contributed by atoms with van der Waals surface area (Å²) >= 11 is 1.47. The van der Waals surface area contributed by atoms with Gasteiger partial charge in [-0.05, 0) is 23.6 Å². The summed E-state index contributed by atoms with van der Waals surface area (Å²) < 4.78 is 22.0. The third kappa shape index (κ3) is 3.03. The number of nitrogens with two attached hydrogens (primary N) is 1. The Bertz CT molecular complexity index is 1220. The van der Waals surface area contributed by atoms with E-state index in [0.717, 1.165) is 10.2 Å². The first-order valence-corrected chi connectivity index (χ1v) is 10.7. The van der Waals surface area contributed by atoms with Crippen molar-refractivity contribution < 1.29 is 13.9 Å². The summed E-state index contributed by atoms with van der Waals surface area (Å²) in [5.74, 6) is -0.307. The number of benzene rings is 2. The third-order valence-electron chi connectivity index (χ3n) is 5.70. The standard InChI is InChI=1S/C24H21FN2O2S/c1-24(2)11-16(28)20-17(12-24)29-22(26)21(19(20)13-7-3-4-8-14(13)25)23-27-15-9-5-6-10-18(15)30-23/h3-10,19H,11-12,26H2,1-2H3. The summed E-state index contributed by atoms with van der Waals surface area (Å²) in [6.07, 6.45) is 0.958. The van der Waals surface area contributed by atoms with E-state index in [9.17, 15) is 9.18 Å². The molecule has 6 heteroatoms. The maximum Gasteiger partial charge on any atom is 0.197 e. The van der Waals surface area contributed by atoms with Crippen LogP contribution in [0.5, 0.6) is 0 Å². The highest BCUT2D eigenvalue weighted by molar-refractivity contribution is 7.19. The second kappa shape index (κ2) is 6.77. The van der Waals surface area contributed by atoms with Gasteiger partial charge in [-0.1, -0.05) is 44.2 Å². The predicted molar refractivity (Wildman–Crippen MR) is 116 cm³/mol. The molecule has 3 aromatic rings. The molecule has 2 aliphatic rings. The maximum atomic E-state index is 15.0. The first kappa shape index (κ1) is 19.0. The van der Waals surface area contributed by atoms with Gasteiger partial charge in [0, 0.05) is 24.0 Å². The Labute approximate surface area is 177 Å². The van der Waals surface area contributed by atoms with Crippen LogP contribution in [-0.4, -0.2) is 10.8 Å². The van der Waals surface area contributed by atoms with Crippen LogP contribution in [0.15, 0.2) is 65.7 Å². The van der Waals surface area contributed by atoms with Gasteiger partial charge >= 0.3 is 0 Å². The number of para-hydroxylation sites is 1. The van der Waals surface area contributed by atoms with Gasteiger partial charge in [0.15, 0.2) is 11.7 Å². The van der Waals surface area contributed by atoms with Crippen molar-refractivity contribution in [2.24, 2.45) is 11.1 Å². The SMILES string of the molecule is CC1(C)CC(=O)C2=C(C1)OC(N)=C(c1nc3ccccc3s1)C2c1ccccc1F. The zero-order valence-electron chi connectivity index (χ0n) is 16.7. The van der Waals surface area contributed by atoms with Crippen molar-refractivity contribution in [3.05, 3.63) is 82.1 Å². The number of fused-ring (bicyclic) bond motifs is 1. The summed E-state index contributed by atoms with van der Waals surface area (Å²) in [4.78, 5) is 18.0. The van der Waals surface area contributed by atoms with Crippen LogP contribution in [0.3, 0.4) is 0 Å². The van der Waals surface area contributed by atoms with Crippen LogP contribution in [0.4, 0.5) is 4.39 Å². The molecule has 0 fully saturated rings. The van der Waals surface area contributed by atoms with Crippen LogP contribution in [0.25, 0.3) is 15.8 Å². The number of ether oxygens (including phenoxy) is 1. The summed E-state index contributed by atoms with van der Waals surface area (Å²) in [5.41, 5.74) is 8.49. The molecule has 1 aliphatic heterocycles. The molecule has 5 rings (SSSR count). The minimum atomic E-state index is -0.640. The molecule has 30 heavy (non-hydrogen) atoms. The normalized spacial score (nSPS) is 21.0. The fourth-order valence-corrected chi connectivity index (χ4v) is 5.45. The number of hydrogen-bond acceptors (Lipinski definition) is 5. The highest BCUT2D eigenvalue weighted by atomic mass is 32.1. The zero-order valence-corrected chi connectivity index (χ0v) is 17.6. The van der Waals surface area contributed by atoms with Gasteiger partial charge in [0.2, 0.25) is 0 Å². The quantitative estimate of drug-likeness (QED) is 0.593. The smallest absolute Gasteiger partial charge is 0.197 e. The Kier molecular flexibility index (Phi) is 4.29. The molecule has 0 radical (unpaired) electrons. The fraction of sp³-hybridized carbons (Fsp3) is 0.250. The van der Waals surface area contributed by atoms with E-state index in [4.69, 9.17) is 15.5 Å². The monoisotopic (exact) mass is 420 g/mol. The van der Waals surface area contributed by atoms with E-state index < -0.39 is 5.92 Å². The topological polar surface area (TPSA) is 65.2 Å². The molecule has 1 unspecified atom stereocenters. The number of Topliss-reactive ketones (excluding diaryl/α,β-unsaturated/α-hetero) is 1. The van der Waals surface area contributed by atoms with Crippen LogP contribution < -0.4 is 5.73 Å². The fourth-order valence-electron chi connectivity index (χ4n) is 4.40. The maximum absolute atomic E-state index is 15.0. The van der Waals surface area contributed by atoms with Gasteiger partial charge in [0.1, 0.15) is 16.6 Å². The van der Waals surface area contributed by atoms with Gasteiger partial charge in [-0.25, -0.2) is 9.37 Å². The second-order valence-corrected chi connectivity index (χ2v) is 9.63. The lowest BCUT2D eigenvalue weighted by Crippen LogP contribution is -2.33. The van der Waals surface area contributed by atoms with Crippen molar-refractivity contribution in [3.8, 4) is 0 Å². The predicted octanol–water partition coefficient (Wildman–Crippen LogP) is 5.52. The lowest BCUT2D eigenvalue weighted by Gasteiger charge is -2.38. The van der Waals surface area contributed by atoms with Crippen molar-refractivity contribution in [1.82, 2.24) is 4.98 Å². The van der Waals surface area contributed by atoms with Gasteiger partial charge in [-0.3, -0.25) is 4.79 Å². The number of allylic oxidation sites excluding steroid dienone is 3. The highest BCUT2D eigenvalue weighted by Crippen LogP contribution is 2.51. The summed E-state index contributed by atoms with van der Waals surface area (Å²) in [6.45, 7) is 4.05. The Morgan fingerprint density at radius 2 is 1.83 bits per heavy atom. The molecular weight excluding hydrogens is 399 g/mol. The number of halogens is 1. The molecule has 2 heterocycles. The van der Waals surface area contributed by atoms with Crippen LogP contribution in [-0.2, 0) is 9.53 Å². The summed E-state index contributed by atoms with van der Waals surface area (Å²) in [7, 11) is 0. The molecule has 152 valence electrons. The van der Waals surface area contributed by atoms with E-state index >= 15 is 0 Å². The summed E-state index contributed by atoms with van der Waals surface area (Å²) in [6, 6.07) is 14.3. The largest absolute Gasteiger partial charge is 0.445 e. The molecule has 1 aromatic heterocycles. The van der Waals surface area contributed by atoms with Gasteiger partial charge in [-0.15, -0.1) is 11.3 Å². The molecule has 0 saturated heterocycles. The molecule has 4 nitrogen and oxygen atoms in total. The summed E-state index contributed by atoms with van der Waals surface area (Å²) in [5, 5.41) is 0.645. The number of thiazole rings is 1. The van der Waals surface area contributed by atoms with Crippen LogP contribution in [0, 0.1) is 11.2 Å². The molecule has 2 N–H and O–H groups in total. The van der Waals surface area contributed by atoms with E-state index in [1.807, 2.05) is 38.1 Å². The number of hydrogen-bond donors (Lipinski definition) is 1. The lowest BCUT2D eigenvalue weighted by atomic mass is 9.70. The van der Waals surface area contributed by atoms with Gasteiger partial charge in [0.05, 0.1) is 21.7 Å². The van der Waals surface area contributed by atoms with E-state index in [1.165, 1.54) is 17.4 Å². The molecular formula is C24H21FN2O2S. The Balaban J connectivity index is 1.75. The van der Waals surface area contributed by atoms with Crippen LogP contribution in [0.2, 0.25) is 0 Å². The van der Waals surface area contributed by atoms with E-state index in [0.29, 0.717) is 40.3 Å². The molecule has 1 atom stereocenters. The van der Waals surface area contributed by atoms with Gasteiger partial charge in [0.25, 0.3) is 0 Å². The van der Waals surface area contributed by atoms with Gasteiger partial charge in [-0.2, -0.15) is 0 Å². The minimum Gasteiger partial charge on any atom is -0.445 e. The molecule has 1 aliphatic carbocycles. The number of ketones is 1.